The van der Waals surface area contributed by atoms with Crippen molar-refractivity contribution in [1.82, 2.24) is 24.8 Å². The topological polar surface area (TPSA) is 103 Å². The van der Waals surface area contributed by atoms with Crippen LogP contribution in [-0.4, -0.2) is 86.9 Å². The van der Waals surface area contributed by atoms with Gasteiger partial charge in [-0.2, -0.15) is 13.2 Å². The minimum absolute atomic E-state index is 0.0247. The van der Waals surface area contributed by atoms with Crippen LogP contribution in [0.1, 0.15) is 64.1 Å². The molecule has 0 radical (unpaired) electrons. The summed E-state index contributed by atoms with van der Waals surface area (Å²) in [6, 6.07) is 4.42. The number of aryl methyl sites for hydroxylation is 1. The lowest BCUT2D eigenvalue weighted by Crippen LogP contribution is -2.47. The van der Waals surface area contributed by atoms with Crippen LogP contribution in [0.5, 0.6) is 0 Å². The molecule has 1 N–H and O–H groups in total. The summed E-state index contributed by atoms with van der Waals surface area (Å²) in [6.07, 6.45) is 1.80. The van der Waals surface area contributed by atoms with E-state index in [0.717, 1.165) is 42.8 Å². The normalized spacial score (nSPS) is 18.2. The van der Waals surface area contributed by atoms with E-state index in [4.69, 9.17) is 10.1 Å². The largest absolute Gasteiger partial charge is 0.481 e. The lowest BCUT2D eigenvalue weighted by Gasteiger charge is -2.34. The lowest BCUT2D eigenvalue weighted by atomic mass is 10.0. The van der Waals surface area contributed by atoms with Gasteiger partial charge in [0.2, 0.25) is 0 Å². The van der Waals surface area contributed by atoms with Crippen molar-refractivity contribution < 1.29 is 27.9 Å². The molecule has 1 aromatic carbocycles. The Hall–Kier alpha value is -3.42. The number of anilines is 1. The van der Waals surface area contributed by atoms with E-state index in [1.54, 1.807) is 19.2 Å². The first-order valence-electron chi connectivity index (χ1n) is 15.0. The number of alkyl halides is 3. The van der Waals surface area contributed by atoms with Gasteiger partial charge in [-0.05, 0) is 56.5 Å². The molecule has 2 fully saturated rings. The Labute approximate surface area is 258 Å². The second kappa shape index (κ2) is 13.7. The van der Waals surface area contributed by atoms with Crippen LogP contribution in [0, 0.1) is 6.92 Å². The molecule has 2 aliphatic rings. The van der Waals surface area contributed by atoms with Crippen molar-refractivity contribution in [2.24, 2.45) is 0 Å². The Bertz CT molecular complexity index is 1470. The summed E-state index contributed by atoms with van der Waals surface area (Å²) in [7, 11) is 0. The van der Waals surface area contributed by atoms with E-state index in [2.05, 4.69) is 31.6 Å². The Balaban J connectivity index is 1.32. The van der Waals surface area contributed by atoms with E-state index < -0.39 is 17.7 Å². The Kier molecular flexibility index (Phi) is 9.96. The van der Waals surface area contributed by atoms with Gasteiger partial charge in [0.25, 0.3) is 0 Å². The Morgan fingerprint density at radius 2 is 1.84 bits per heavy atom. The molecule has 0 aliphatic carbocycles. The van der Waals surface area contributed by atoms with Crippen LogP contribution < -0.4 is 4.90 Å². The maximum Gasteiger partial charge on any atom is 0.416 e. The second-order valence-electron chi connectivity index (χ2n) is 11.5. The number of rotatable bonds is 11. The van der Waals surface area contributed by atoms with Gasteiger partial charge in [-0.15, -0.1) is 11.3 Å². The van der Waals surface area contributed by atoms with Crippen LogP contribution in [-0.2, 0) is 23.9 Å². The average Bonchev–Trinajstić information content (AvgIpc) is 3.62. The number of ketones is 1. The number of nitrogens with zero attached hydrogens (tertiary/aromatic N) is 6. The summed E-state index contributed by atoms with van der Waals surface area (Å²) in [5.74, 6) is -0.428. The van der Waals surface area contributed by atoms with Crippen LogP contribution in [0.25, 0.3) is 11.3 Å². The number of hydrogen-bond donors (Lipinski definition) is 1. The fraction of sp³-hybridized carbons (Fsp3) is 0.516. The Morgan fingerprint density at radius 1 is 1.07 bits per heavy atom. The van der Waals surface area contributed by atoms with Gasteiger partial charge in [0, 0.05) is 55.8 Å². The average molecular weight is 631 g/mol. The SMILES string of the molecule is CC[C@@H]1CCCN1Cc1sc(CC(=O)c2cnc(N3CCN(CCC(=O)O)CC3)cn2)nc1-c1cc(C)cc(C(F)(F)F)c1. The molecule has 236 valence electrons. The van der Waals surface area contributed by atoms with E-state index in [9.17, 15) is 22.8 Å². The molecule has 0 bridgehead atoms. The predicted molar refractivity (Wildman–Crippen MR) is 162 cm³/mol. The number of hydrogen-bond acceptors (Lipinski definition) is 9. The molecule has 1 atom stereocenters. The number of aromatic nitrogens is 3. The van der Waals surface area contributed by atoms with E-state index in [1.807, 2.05) is 0 Å². The molecule has 0 amide bonds. The smallest absolute Gasteiger partial charge is 0.416 e. The molecule has 2 aliphatic heterocycles. The molecule has 0 saturated carbocycles. The number of carbonyl (C=O) groups is 2. The van der Waals surface area contributed by atoms with E-state index in [0.29, 0.717) is 73.0 Å². The highest BCUT2D eigenvalue weighted by molar-refractivity contribution is 7.12. The van der Waals surface area contributed by atoms with Crippen LogP contribution in [0.4, 0.5) is 19.0 Å². The molecule has 5 rings (SSSR count). The van der Waals surface area contributed by atoms with Crippen molar-refractivity contribution in [2.45, 2.75) is 64.7 Å². The summed E-state index contributed by atoms with van der Waals surface area (Å²) in [4.78, 5) is 45.0. The minimum atomic E-state index is -4.48. The molecule has 9 nitrogen and oxygen atoms in total. The number of likely N-dealkylation sites (tertiary alicyclic amines) is 1. The van der Waals surface area contributed by atoms with Gasteiger partial charge in [-0.1, -0.05) is 6.92 Å². The number of carboxylic acids is 1. The highest BCUT2D eigenvalue weighted by Crippen LogP contribution is 2.37. The summed E-state index contributed by atoms with van der Waals surface area (Å²) in [6.45, 7) is 8.58. The van der Waals surface area contributed by atoms with Crippen LogP contribution in [0.15, 0.2) is 30.6 Å². The molecule has 13 heteroatoms. The lowest BCUT2D eigenvalue weighted by molar-refractivity contribution is -0.138. The van der Waals surface area contributed by atoms with Gasteiger partial charge in [0.1, 0.15) is 16.5 Å². The minimum Gasteiger partial charge on any atom is -0.481 e. The first kappa shape index (κ1) is 32.0. The molecule has 0 spiro atoms. The molecule has 44 heavy (non-hydrogen) atoms. The monoisotopic (exact) mass is 630 g/mol. The maximum absolute atomic E-state index is 13.7. The van der Waals surface area contributed by atoms with Gasteiger partial charge in [0.05, 0.1) is 36.5 Å². The standard InChI is InChI=1S/C31H37F3N6O3S/c1-3-23-5-4-7-40(23)19-26-30(21-13-20(2)14-22(15-21)31(32,33)34)37-28(44-26)16-25(41)24-17-36-27(18-35-24)39-11-9-38(10-12-39)8-6-29(42)43/h13-15,17-18,23H,3-12,16,19H2,1-2H3,(H,42,43)/t23-/m1/s1. The zero-order valence-corrected chi connectivity index (χ0v) is 25.8. The second-order valence-corrected chi connectivity index (χ2v) is 12.6. The van der Waals surface area contributed by atoms with Crippen molar-refractivity contribution in [2.75, 3.05) is 44.2 Å². The highest BCUT2D eigenvalue weighted by atomic mass is 32.1. The number of halogens is 3. The number of benzene rings is 1. The molecule has 2 aromatic heterocycles. The molecule has 2 saturated heterocycles. The van der Waals surface area contributed by atoms with E-state index >= 15 is 0 Å². The van der Waals surface area contributed by atoms with Crippen LogP contribution >= 0.6 is 11.3 Å². The van der Waals surface area contributed by atoms with Crippen LogP contribution in [0.2, 0.25) is 0 Å². The van der Waals surface area contributed by atoms with Gasteiger partial charge in [0.15, 0.2) is 5.78 Å². The third kappa shape index (κ3) is 7.80. The molecule has 3 aromatic rings. The molecular formula is C31H37F3N6O3S. The van der Waals surface area contributed by atoms with Crippen molar-refractivity contribution in [1.29, 1.82) is 0 Å². The Morgan fingerprint density at radius 3 is 2.50 bits per heavy atom. The van der Waals surface area contributed by atoms with Crippen molar-refractivity contribution in [3.63, 3.8) is 0 Å². The first-order chi connectivity index (χ1) is 21.0. The summed E-state index contributed by atoms with van der Waals surface area (Å²) < 4.78 is 41.0. The van der Waals surface area contributed by atoms with Crippen molar-refractivity contribution in [3.05, 3.63) is 57.3 Å². The zero-order valence-electron chi connectivity index (χ0n) is 24.9. The van der Waals surface area contributed by atoms with Crippen molar-refractivity contribution in [3.8, 4) is 11.3 Å². The number of thiazole rings is 1. The molecular weight excluding hydrogens is 593 g/mol. The number of carbonyl (C=O) groups excluding carboxylic acids is 1. The third-order valence-corrected chi connectivity index (χ3v) is 9.35. The van der Waals surface area contributed by atoms with Gasteiger partial charge in [-0.25, -0.2) is 15.0 Å². The van der Waals surface area contributed by atoms with E-state index in [-0.39, 0.29) is 24.3 Å². The summed E-state index contributed by atoms with van der Waals surface area (Å²) >= 11 is 1.37. The fourth-order valence-corrected chi connectivity index (χ4v) is 7.07. The van der Waals surface area contributed by atoms with Gasteiger partial charge < -0.3 is 10.0 Å². The van der Waals surface area contributed by atoms with E-state index in [1.165, 1.54) is 17.5 Å². The quantitative estimate of drug-likeness (QED) is 0.282. The summed E-state index contributed by atoms with van der Waals surface area (Å²) in [5.41, 5.74) is 0.886. The van der Waals surface area contributed by atoms with Gasteiger partial charge in [-0.3, -0.25) is 19.4 Å². The molecule has 4 heterocycles. The number of aliphatic carboxylic acids is 1. The first-order valence-corrected chi connectivity index (χ1v) is 15.8. The fourth-order valence-electron chi connectivity index (χ4n) is 5.95. The summed E-state index contributed by atoms with van der Waals surface area (Å²) in [5, 5.41) is 9.44. The maximum atomic E-state index is 13.7. The number of Topliss-reactive ketones (excluding diaryl/α,β-unsaturated/α-hetero) is 1. The number of piperazine rings is 1. The number of carboxylic acid groups (broad SMARTS) is 1. The third-order valence-electron chi connectivity index (χ3n) is 8.31. The zero-order chi connectivity index (χ0) is 31.4. The van der Waals surface area contributed by atoms with Gasteiger partial charge >= 0.3 is 12.1 Å². The predicted octanol–water partition coefficient (Wildman–Crippen LogP) is 5.32. The molecule has 0 unspecified atom stereocenters. The van der Waals surface area contributed by atoms with Crippen LogP contribution in [0.3, 0.4) is 0 Å². The van der Waals surface area contributed by atoms with Crippen molar-refractivity contribution >= 4 is 28.9 Å². The highest BCUT2D eigenvalue weighted by Gasteiger charge is 2.32.